The number of nitrogens with one attached hydrogen (secondary N) is 3. The van der Waals surface area contributed by atoms with E-state index in [0.717, 1.165) is 42.9 Å². The molecule has 9 heteroatoms. The Hall–Kier alpha value is -2.52. The first-order chi connectivity index (χ1) is 15.3. The second kappa shape index (κ2) is 13.0. The maximum absolute atomic E-state index is 11.8. The number of anilines is 1. The molecule has 0 aromatic heterocycles. The van der Waals surface area contributed by atoms with E-state index in [9.17, 15) is 4.79 Å². The molecule has 3 N–H and O–H groups in total. The predicted molar refractivity (Wildman–Crippen MR) is 119 cm³/mol. The number of hydrogen-bond donors (Lipinski definition) is 3. The zero-order valence-corrected chi connectivity index (χ0v) is 18.3. The summed E-state index contributed by atoms with van der Waals surface area (Å²) in [7, 11) is 1.66. The van der Waals surface area contributed by atoms with Crippen LogP contribution in [-0.4, -0.2) is 71.6 Å². The molecule has 0 spiro atoms. The van der Waals surface area contributed by atoms with Gasteiger partial charge in [0.1, 0.15) is 0 Å². The Morgan fingerprint density at radius 3 is 2.71 bits per heavy atom. The molecule has 1 saturated carbocycles. The van der Waals surface area contributed by atoms with Crippen molar-refractivity contribution in [3.8, 4) is 11.5 Å². The van der Waals surface area contributed by atoms with Gasteiger partial charge in [-0.2, -0.15) is 0 Å². The van der Waals surface area contributed by atoms with Gasteiger partial charge in [0.15, 0.2) is 17.5 Å². The zero-order valence-electron chi connectivity index (χ0n) is 18.3. The summed E-state index contributed by atoms with van der Waals surface area (Å²) >= 11 is 0. The van der Waals surface area contributed by atoms with Gasteiger partial charge in [-0.05, 0) is 31.4 Å². The molecular weight excluding hydrogens is 400 g/mol. The molecule has 1 amide bonds. The van der Waals surface area contributed by atoms with Crippen LogP contribution in [0, 0.1) is 5.92 Å². The highest BCUT2D eigenvalue weighted by atomic mass is 16.5. The Morgan fingerprint density at radius 1 is 1.10 bits per heavy atom. The molecule has 3 rings (SSSR count). The highest BCUT2D eigenvalue weighted by Gasteiger charge is 2.28. The molecule has 0 unspecified atom stereocenters. The molecule has 0 atom stereocenters. The van der Waals surface area contributed by atoms with E-state index in [1.165, 1.54) is 0 Å². The van der Waals surface area contributed by atoms with E-state index in [2.05, 4.69) is 20.9 Å². The molecule has 31 heavy (non-hydrogen) atoms. The van der Waals surface area contributed by atoms with E-state index in [1.54, 1.807) is 7.11 Å². The molecule has 2 aliphatic rings. The number of rotatable bonds is 12. The lowest BCUT2D eigenvalue weighted by atomic mass is 10.2. The van der Waals surface area contributed by atoms with Crippen LogP contribution >= 0.6 is 0 Å². The molecule has 1 aliphatic heterocycles. The van der Waals surface area contributed by atoms with Crippen molar-refractivity contribution in [1.29, 1.82) is 0 Å². The number of ether oxygens (including phenoxy) is 4. The van der Waals surface area contributed by atoms with Crippen molar-refractivity contribution < 1.29 is 23.7 Å². The molecule has 172 valence electrons. The summed E-state index contributed by atoms with van der Waals surface area (Å²) in [6.45, 7) is 4.85. The summed E-state index contributed by atoms with van der Waals surface area (Å²) in [5.74, 6) is 2.48. The Balaban J connectivity index is 1.50. The predicted octanol–water partition coefficient (Wildman–Crippen LogP) is 1.78. The average Bonchev–Trinajstić information content (AvgIpc) is 3.63. The van der Waals surface area contributed by atoms with Gasteiger partial charge in [0.2, 0.25) is 5.91 Å². The van der Waals surface area contributed by atoms with Crippen LogP contribution in [0.1, 0.15) is 25.7 Å². The van der Waals surface area contributed by atoms with Gasteiger partial charge in [0.05, 0.1) is 26.4 Å². The summed E-state index contributed by atoms with van der Waals surface area (Å²) in [4.78, 5) is 16.4. The van der Waals surface area contributed by atoms with Crippen LogP contribution in [-0.2, 0) is 14.3 Å². The topological polar surface area (TPSA) is 102 Å². The first-order valence-electron chi connectivity index (χ1n) is 11.1. The van der Waals surface area contributed by atoms with Gasteiger partial charge in [-0.15, -0.1) is 0 Å². The van der Waals surface area contributed by atoms with Crippen LogP contribution in [0.5, 0.6) is 11.5 Å². The van der Waals surface area contributed by atoms with Gasteiger partial charge < -0.3 is 34.9 Å². The van der Waals surface area contributed by atoms with Crippen molar-refractivity contribution in [1.82, 2.24) is 10.6 Å². The Morgan fingerprint density at radius 2 is 1.90 bits per heavy atom. The Bertz CT molecular complexity index is 724. The molecule has 1 aromatic rings. The van der Waals surface area contributed by atoms with E-state index in [0.29, 0.717) is 58.6 Å². The minimum atomic E-state index is 0.143. The second-order valence-corrected chi connectivity index (χ2v) is 7.52. The molecule has 0 radical (unpaired) electrons. The number of nitrogens with zero attached hydrogens (tertiary/aromatic N) is 1. The maximum Gasteiger partial charge on any atom is 0.223 e. The summed E-state index contributed by atoms with van der Waals surface area (Å²) in [6, 6.07) is 5.76. The molecular formula is C22H34N4O5. The number of fused-ring (bicyclic) bond motifs is 1. The fourth-order valence-corrected chi connectivity index (χ4v) is 2.98. The number of amides is 1. The van der Waals surface area contributed by atoms with Crippen LogP contribution in [0.2, 0.25) is 0 Å². The highest BCUT2D eigenvalue weighted by Crippen LogP contribution is 2.32. The maximum atomic E-state index is 11.8. The van der Waals surface area contributed by atoms with Crippen LogP contribution in [0.15, 0.2) is 23.2 Å². The van der Waals surface area contributed by atoms with Crippen molar-refractivity contribution >= 4 is 17.6 Å². The van der Waals surface area contributed by atoms with Gasteiger partial charge in [0, 0.05) is 57.4 Å². The number of guanidine groups is 1. The van der Waals surface area contributed by atoms with Crippen LogP contribution in [0.3, 0.4) is 0 Å². The van der Waals surface area contributed by atoms with Crippen LogP contribution in [0.4, 0.5) is 5.69 Å². The monoisotopic (exact) mass is 434 g/mol. The van der Waals surface area contributed by atoms with Crippen molar-refractivity contribution in [3.63, 3.8) is 0 Å². The molecule has 1 fully saturated rings. The average molecular weight is 435 g/mol. The summed E-state index contributed by atoms with van der Waals surface area (Å²) < 4.78 is 21.9. The first-order valence-corrected chi connectivity index (χ1v) is 11.1. The number of hydrogen-bond acceptors (Lipinski definition) is 6. The third kappa shape index (κ3) is 8.63. The first kappa shape index (κ1) is 23.1. The number of methoxy groups -OCH3 is 1. The third-order valence-electron chi connectivity index (χ3n) is 4.82. The van der Waals surface area contributed by atoms with Gasteiger partial charge in [0.25, 0.3) is 0 Å². The standard InChI is InChI=1S/C22H34N4O5/c1-28-14-15-29-11-2-8-24-22(25-10-9-23-21(27)17-4-5-17)26-18-6-7-19-20(16-18)31-13-3-12-30-19/h6-7,16-17H,2-5,8-15H2,1H3,(H,23,27)(H2,24,25,26). The van der Waals surface area contributed by atoms with Crippen LogP contribution in [0.25, 0.3) is 0 Å². The van der Waals surface area contributed by atoms with Crippen molar-refractivity contribution in [3.05, 3.63) is 18.2 Å². The van der Waals surface area contributed by atoms with E-state index < -0.39 is 0 Å². The molecule has 1 heterocycles. The van der Waals surface area contributed by atoms with Gasteiger partial charge in [-0.25, -0.2) is 0 Å². The highest BCUT2D eigenvalue weighted by molar-refractivity contribution is 5.94. The minimum absolute atomic E-state index is 0.143. The molecule has 0 bridgehead atoms. The van der Waals surface area contributed by atoms with E-state index in [1.807, 2.05) is 18.2 Å². The van der Waals surface area contributed by atoms with Gasteiger partial charge in [-0.1, -0.05) is 0 Å². The third-order valence-corrected chi connectivity index (χ3v) is 4.82. The van der Waals surface area contributed by atoms with Crippen molar-refractivity contribution in [2.45, 2.75) is 25.7 Å². The fourth-order valence-electron chi connectivity index (χ4n) is 2.98. The lowest BCUT2D eigenvalue weighted by Gasteiger charge is -2.15. The number of carbonyl (C=O) groups is 1. The smallest absolute Gasteiger partial charge is 0.223 e. The number of aliphatic imine (C=N–C) groups is 1. The number of benzene rings is 1. The Kier molecular flexibility index (Phi) is 9.72. The molecule has 1 aromatic carbocycles. The zero-order chi connectivity index (χ0) is 21.7. The molecule has 0 saturated heterocycles. The van der Waals surface area contributed by atoms with Gasteiger partial charge in [-0.3, -0.25) is 9.79 Å². The van der Waals surface area contributed by atoms with E-state index >= 15 is 0 Å². The normalized spacial score (nSPS) is 15.8. The summed E-state index contributed by atoms with van der Waals surface area (Å²) in [5.41, 5.74) is 0.855. The SMILES string of the molecule is COCCOCCCN=C(NCCNC(=O)C1CC1)Nc1ccc2c(c1)OCCCO2. The quantitative estimate of drug-likeness (QED) is 0.262. The van der Waals surface area contributed by atoms with Crippen molar-refractivity contribution in [2.24, 2.45) is 10.9 Å². The van der Waals surface area contributed by atoms with Crippen LogP contribution < -0.4 is 25.4 Å². The largest absolute Gasteiger partial charge is 0.490 e. The van der Waals surface area contributed by atoms with Crippen molar-refractivity contribution in [2.75, 3.05) is 65.1 Å². The number of carbonyl (C=O) groups excluding carboxylic acids is 1. The lowest BCUT2D eigenvalue weighted by Crippen LogP contribution is -2.38. The molecule has 9 nitrogen and oxygen atoms in total. The second-order valence-electron chi connectivity index (χ2n) is 7.52. The van der Waals surface area contributed by atoms with E-state index in [4.69, 9.17) is 18.9 Å². The Labute approximate surface area is 183 Å². The fraction of sp³-hybridized carbons (Fsp3) is 0.636. The summed E-state index contributed by atoms with van der Waals surface area (Å²) in [5, 5.41) is 9.55. The van der Waals surface area contributed by atoms with Gasteiger partial charge >= 0.3 is 0 Å². The lowest BCUT2D eigenvalue weighted by molar-refractivity contribution is -0.122. The molecule has 1 aliphatic carbocycles. The van der Waals surface area contributed by atoms with E-state index in [-0.39, 0.29) is 11.8 Å². The minimum Gasteiger partial charge on any atom is -0.490 e. The summed E-state index contributed by atoms with van der Waals surface area (Å²) in [6.07, 6.45) is 3.68.